The molecule has 1 saturated heterocycles. The minimum Gasteiger partial charge on any atom is -0.458 e. The second-order valence-electron chi connectivity index (χ2n) is 8.34. The van der Waals surface area contributed by atoms with Crippen molar-refractivity contribution in [1.29, 1.82) is 0 Å². The molecular weight excluding hydrogens is 508 g/mol. The van der Waals surface area contributed by atoms with Gasteiger partial charge in [-0.3, -0.25) is 0 Å². The number of hydrogen-bond donors (Lipinski definition) is 0. The van der Waals surface area contributed by atoms with Crippen molar-refractivity contribution >= 4 is 41.4 Å². The zero-order chi connectivity index (χ0) is 25.9. The lowest BCUT2D eigenvalue weighted by Crippen LogP contribution is -2.41. The van der Waals surface area contributed by atoms with Crippen molar-refractivity contribution in [2.45, 2.75) is 29.6 Å². The van der Waals surface area contributed by atoms with E-state index in [2.05, 4.69) is 0 Å². The fraction of sp³-hybridized carbons (Fsp3) is 0.276. The van der Waals surface area contributed by atoms with Gasteiger partial charge in [-0.1, -0.05) is 54.6 Å². The van der Waals surface area contributed by atoms with E-state index in [-0.39, 0.29) is 11.2 Å². The van der Waals surface area contributed by atoms with Crippen molar-refractivity contribution < 1.29 is 28.6 Å². The summed E-state index contributed by atoms with van der Waals surface area (Å²) in [4.78, 5) is 38.7. The molecule has 0 saturated carbocycles. The predicted octanol–water partition coefficient (Wildman–Crippen LogP) is 5.88. The van der Waals surface area contributed by atoms with Gasteiger partial charge >= 0.3 is 17.9 Å². The van der Waals surface area contributed by atoms with Gasteiger partial charge in [0.2, 0.25) is 0 Å². The van der Waals surface area contributed by atoms with Crippen LogP contribution in [0.25, 0.3) is 0 Å². The fourth-order valence-electron chi connectivity index (χ4n) is 3.73. The zero-order valence-electron chi connectivity index (χ0n) is 20.2. The van der Waals surface area contributed by atoms with Crippen LogP contribution in [0.5, 0.6) is 0 Å². The van der Waals surface area contributed by atoms with Crippen LogP contribution in [0, 0.1) is 0 Å². The molecule has 0 aromatic heterocycles. The average molecular weight is 537 g/mol. The standard InChI is InChI=1S/C29H28O6S2/c30-27(21-11-4-1-5-12-21)33-20-25(35-29(32)23-15-8-3-9-16-23)24(19-26-36-17-10-18-37-26)34-28(31)22-13-6-2-7-14-22/h1-9,11-16,24-26H,10,17-20H2/t24-,25+/m1/s1. The van der Waals surface area contributed by atoms with Crippen LogP contribution in [0.1, 0.15) is 43.9 Å². The van der Waals surface area contributed by atoms with Gasteiger partial charge in [0.1, 0.15) is 12.7 Å². The van der Waals surface area contributed by atoms with Crippen LogP contribution in [0.2, 0.25) is 0 Å². The largest absolute Gasteiger partial charge is 0.458 e. The zero-order valence-corrected chi connectivity index (χ0v) is 21.8. The molecule has 0 spiro atoms. The van der Waals surface area contributed by atoms with Crippen LogP contribution in [0.15, 0.2) is 91.0 Å². The fourth-order valence-corrected chi connectivity index (χ4v) is 6.67. The van der Waals surface area contributed by atoms with Crippen molar-refractivity contribution in [1.82, 2.24) is 0 Å². The van der Waals surface area contributed by atoms with Crippen LogP contribution in [0.3, 0.4) is 0 Å². The van der Waals surface area contributed by atoms with E-state index in [0.29, 0.717) is 23.1 Å². The third kappa shape index (κ3) is 8.13. The van der Waals surface area contributed by atoms with Crippen LogP contribution < -0.4 is 0 Å². The molecule has 0 aliphatic carbocycles. The number of hydrogen-bond acceptors (Lipinski definition) is 8. The molecule has 0 unspecified atom stereocenters. The van der Waals surface area contributed by atoms with Gasteiger partial charge in [0.25, 0.3) is 0 Å². The summed E-state index contributed by atoms with van der Waals surface area (Å²) < 4.78 is 17.5. The van der Waals surface area contributed by atoms with Crippen LogP contribution in [0.4, 0.5) is 0 Å². The summed E-state index contributed by atoms with van der Waals surface area (Å²) in [6.45, 7) is -0.249. The molecule has 0 amide bonds. The van der Waals surface area contributed by atoms with Gasteiger partial charge in [0.15, 0.2) is 6.10 Å². The minimum absolute atomic E-state index is 0.157. The lowest BCUT2D eigenvalue weighted by atomic mass is 10.1. The van der Waals surface area contributed by atoms with E-state index in [9.17, 15) is 14.4 Å². The normalized spacial score (nSPS) is 15.2. The van der Waals surface area contributed by atoms with Crippen LogP contribution in [-0.4, -0.2) is 52.8 Å². The lowest BCUT2D eigenvalue weighted by molar-refractivity contribution is -0.0588. The van der Waals surface area contributed by atoms with Crippen LogP contribution >= 0.6 is 23.5 Å². The first kappa shape index (κ1) is 26.8. The molecule has 0 N–H and O–H groups in total. The summed E-state index contributed by atoms with van der Waals surface area (Å²) in [6, 6.07) is 25.8. The van der Waals surface area contributed by atoms with Gasteiger partial charge in [-0.15, -0.1) is 23.5 Å². The van der Waals surface area contributed by atoms with Crippen molar-refractivity contribution in [2.24, 2.45) is 0 Å². The molecule has 3 aromatic carbocycles. The first-order valence-corrected chi connectivity index (χ1v) is 14.2. The van der Waals surface area contributed by atoms with Crippen LogP contribution in [-0.2, 0) is 14.2 Å². The smallest absolute Gasteiger partial charge is 0.338 e. The Morgan fingerprint density at radius 1 is 0.649 bits per heavy atom. The molecule has 1 aliphatic heterocycles. The molecule has 2 atom stereocenters. The lowest BCUT2D eigenvalue weighted by Gasteiger charge is -2.30. The monoisotopic (exact) mass is 536 g/mol. The Bertz CT molecular complexity index is 1150. The molecule has 4 rings (SSSR count). The van der Waals surface area contributed by atoms with Gasteiger partial charge in [-0.2, -0.15) is 0 Å². The first-order chi connectivity index (χ1) is 18.1. The maximum Gasteiger partial charge on any atom is 0.338 e. The van der Waals surface area contributed by atoms with E-state index in [1.165, 1.54) is 0 Å². The Kier molecular flexibility index (Phi) is 10.1. The molecule has 0 radical (unpaired) electrons. The van der Waals surface area contributed by atoms with E-state index >= 15 is 0 Å². The van der Waals surface area contributed by atoms with Gasteiger partial charge in [-0.05, 0) is 54.3 Å². The highest BCUT2D eigenvalue weighted by Crippen LogP contribution is 2.35. The molecule has 8 heteroatoms. The number of ether oxygens (including phenoxy) is 3. The second kappa shape index (κ2) is 13.9. The Labute approximate surface area is 225 Å². The number of rotatable bonds is 10. The first-order valence-electron chi connectivity index (χ1n) is 12.1. The third-order valence-electron chi connectivity index (χ3n) is 5.66. The van der Waals surface area contributed by atoms with Gasteiger partial charge in [-0.25, -0.2) is 14.4 Å². The van der Waals surface area contributed by atoms with Crippen molar-refractivity contribution in [3.63, 3.8) is 0 Å². The minimum atomic E-state index is -0.990. The summed E-state index contributed by atoms with van der Waals surface area (Å²) in [7, 11) is 0. The quantitative estimate of drug-likeness (QED) is 0.235. The highest BCUT2D eigenvalue weighted by molar-refractivity contribution is 8.17. The van der Waals surface area contributed by atoms with E-state index in [0.717, 1.165) is 17.9 Å². The number of carbonyl (C=O) groups excluding carboxylic acids is 3. The predicted molar refractivity (Wildman–Crippen MR) is 146 cm³/mol. The van der Waals surface area contributed by atoms with E-state index in [1.54, 1.807) is 108 Å². The van der Waals surface area contributed by atoms with E-state index in [1.807, 2.05) is 6.07 Å². The molecule has 1 fully saturated rings. The van der Waals surface area contributed by atoms with E-state index < -0.39 is 30.1 Å². The maximum absolute atomic E-state index is 13.0. The summed E-state index contributed by atoms with van der Waals surface area (Å²) >= 11 is 3.58. The number of benzene rings is 3. The molecule has 6 nitrogen and oxygen atoms in total. The van der Waals surface area contributed by atoms with Crippen molar-refractivity contribution in [3.05, 3.63) is 108 Å². The second-order valence-corrected chi connectivity index (χ2v) is 11.3. The highest BCUT2D eigenvalue weighted by Gasteiger charge is 2.34. The van der Waals surface area contributed by atoms with E-state index in [4.69, 9.17) is 14.2 Å². The molecule has 1 aliphatic rings. The molecule has 0 bridgehead atoms. The summed E-state index contributed by atoms with van der Waals surface area (Å²) in [5.74, 6) is 0.372. The SMILES string of the molecule is O=C(OC[C@H](OC(=O)c1ccccc1)[C@@H](CC1SCCCS1)OC(=O)c1ccccc1)c1ccccc1. The topological polar surface area (TPSA) is 78.9 Å². The van der Waals surface area contributed by atoms with Gasteiger partial charge in [0.05, 0.1) is 21.3 Å². The number of esters is 3. The van der Waals surface area contributed by atoms with Crippen molar-refractivity contribution in [3.8, 4) is 0 Å². The Balaban J connectivity index is 1.56. The summed E-state index contributed by atoms with van der Waals surface area (Å²) in [6.07, 6.45) is -0.242. The third-order valence-corrected chi connectivity index (χ3v) is 8.65. The Hall–Kier alpha value is -3.23. The maximum atomic E-state index is 13.0. The van der Waals surface area contributed by atoms with Gasteiger partial charge < -0.3 is 14.2 Å². The summed E-state index contributed by atoms with van der Waals surface area (Å²) in [5, 5.41) is 0. The molecule has 3 aromatic rings. The number of thioether (sulfide) groups is 2. The Morgan fingerprint density at radius 2 is 1.08 bits per heavy atom. The Morgan fingerprint density at radius 3 is 1.57 bits per heavy atom. The summed E-state index contributed by atoms with van der Waals surface area (Å²) in [5.41, 5.74) is 1.13. The molecule has 1 heterocycles. The van der Waals surface area contributed by atoms with Gasteiger partial charge in [0, 0.05) is 6.42 Å². The average Bonchev–Trinajstić information content (AvgIpc) is 2.96. The molecule has 192 valence electrons. The van der Waals surface area contributed by atoms with Crippen molar-refractivity contribution in [2.75, 3.05) is 18.1 Å². The number of carbonyl (C=O) groups is 3. The highest BCUT2D eigenvalue weighted by atomic mass is 32.2. The molecular formula is C29H28O6S2. The molecule has 37 heavy (non-hydrogen) atoms.